The Morgan fingerprint density at radius 3 is 2.59 bits per heavy atom. The zero-order valence-electron chi connectivity index (χ0n) is 15.5. The number of para-hydroxylation sites is 2. The Hall–Kier alpha value is -3.57. The molecule has 4 aromatic rings. The first kappa shape index (κ1) is 18.8. The number of hydrazone groups is 1. The van der Waals surface area contributed by atoms with Crippen LogP contribution in [-0.4, -0.2) is 16.7 Å². The molecule has 0 aliphatic heterocycles. The maximum absolute atomic E-state index is 12.3. The topological polar surface area (TPSA) is 72.4 Å². The molecular weight excluding hydrogens is 384 g/mol. The van der Waals surface area contributed by atoms with Gasteiger partial charge in [0.15, 0.2) is 0 Å². The van der Waals surface area contributed by atoms with Crippen LogP contribution in [0.2, 0.25) is 5.02 Å². The van der Waals surface area contributed by atoms with Crippen molar-refractivity contribution in [2.24, 2.45) is 5.10 Å². The van der Waals surface area contributed by atoms with Crippen molar-refractivity contribution in [2.45, 2.75) is 6.54 Å². The second-order valence-electron chi connectivity index (χ2n) is 6.61. The lowest BCUT2D eigenvalue weighted by Gasteiger charge is -2.07. The highest BCUT2D eigenvalue weighted by molar-refractivity contribution is 6.31. The molecule has 0 radical (unpaired) electrons. The number of halogens is 1. The third-order valence-corrected chi connectivity index (χ3v) is 5.06. The normalized spacial score (nSPS) is 11.2. The van der Waals surface area contributed by atoms with Gasteiger partial charge in [-0.15, -0.1) is 0 Å². The standard InChI is InChI=1S/C23H19ClN4O/c24-20-10-4-1-7-16(20)14-28-15-17(18-8-3-6-12-22(18)28)13-26-27-23(29)19-9-2-5-11-21(19)25/h1-13,15H,14,25H2,(H,27,29)/b26-13-. The van der Waals surface area contributed by atoms with E-state index in [0.717, 1.165) is 27.1 Å². The van der Waals surface area contributed by atoms with Crippen molar-refractivity contribution < 1.29 is 4.79 Å². The van der Waals surface area contributed by atoms with Gasteiger partial charge in [-0.2, -0.15) is 5.10 Å². The predicted molar refractivity (Wildman–Crippen MR) is 118 cm³/mol. The van der Waals surface area contributed by atoms with Gasteiger partial charge in [-0.3, -0.25) is 4.79 Å². The Balaban J connectivity index is 1.59. The molecule has 6 heteroatoms. The minimum absolute atomic E-state index is 0.348. The van der Waals surface area contributed by atoms with Crippen LogP contribution >= 0.6 is 11.6 Å². The van der Waals surface area contributed by atoms with Crippen LogP contribution in [0, 0.1) is 0 Å². The molecule has 1 heterocycles. The number of rotatable bonds is 5. The Morgan fingerprint density at radius 1 is 1.03 bits per heavy atom. The van der Waals surface area contributed by atoms with Gasteiger partial charge in [-0.1, -0.05) is 60.1 Å². The molecule has 0 saturated heterocycles. The van der Waals surface area contributed by atoms with E-state index in [9.17, 15) is 4.79 Å². The molecule has 0 aliphatic carbocycles. The van der Waals surface area contributed by atoms with Gasteiger partial charge in [-0.25, -0.2) is 5.43 Å². The Labute approximate surface area is 173 Å². The van der Waals surface area contributed by atoms with E-state index >= 15 is 0 Å². The van der Waals surface area contributed by atoms with Crippen LogP contribution in [0.15, 0.2) is 84.1 Å². The number of fused-ring (bicyclic) bond motifs is 1. The average molecular weight is 403 g/mol. The van der Waals surface area contributed by atoms with Crippen molar-refractivity contribution in [3.8, 4) is 0 Å². The third kappa shape index (κ3) is 4.00. The minimum atomic E-state index is -0.348. The summed E-state index contributed by atoms with van der Waals surface area (Å²) in [4.78, 5) is 12.3. The van der Waals surface area contributed by atoms with Gasteiger partial charge in [0.1, 0.15) is 0 Å². The second-order valence-corrected chi connectivity index (χ2v) is 7.01. The number of nitrogen functional groups attached to an aromatic ring is 1. The number of anilines is 1. The van der Waals surface area contributed by atoms with Gasteiger partial charge in [0.2, 0.25) is 0 Å². The van der Waals surface area contributed by atoms with Gasteiger partial charge in [-0.05, 0) is 29.8 Å². The predicted octanol–water partition coefficient (Wildman–Crippen LogP) is 4.69. The van der Waals surface area contributed by atoms with Crippen molar-refractivity contribution >= 4 is 40.3 Å². The van der Waals surface area contributed by atoms with Crippen molar-refractivity contribution in [1.29, 1.82) is 0 Å². The molecule has 4 rings (SSSR count). The largest absolute Gasteiger partial charge is 0.398 e. The molecule has 0 saturated carbocycles. The molecule has 3 aromatic carbocycles. The Bertz CT molecular complexity index is 1210. The van der Waals surface area contributed by atoms with E-state index in [2.05, 4.69) is 15.1 Å². The summed E-state index contributed by atoms with van der Waals surface area (Å²) in [7, 11) is 0. The van der Waals surface area contributed by atoms with E-state index in [1.807, 2.05) is 54.7 Å². The summed E-state index contributed by atoms with van der Waals surface area (Å²) in [5.74, 6) is -0.348. The highest BCUT2D eigenvalue weighted by Gasteiger charge is 2.10. The SMILES string of the molecule is Nc1ccccc1C(=O)N/N=C\c1cn(Cc2ccccc2Cl)c2ccccc12. The lowest BCUT2D eigenvalue weighted by Crippen LogP contribution is -2.18. The summed E-state index contributed by atoms with van der Waals surface area (Å²) in [5.41, 5.74) is 12.2. The van der Waals surface area contributed by atoms with Gasteiger partial charge in [0.05, 0.1) is 11.8 Å². The number of benzene rings is 3. The van der Waals surface area contributed by atoms with Crippen LogP contribution in [0.3, 0.4) is 0 Å². The summed E-state index contributed by atoms with van der Waals surface area (Å²) in [6.45, 7) is 0.640. The fourth-order valence-electron chi connectivity index (χ4n) is 3.24. The minimum Gasteiger partial charge on any atom is -0.398 e. The van der Waals surface area contributed by atoms with Crippen LogP contribution in [0.25, 0.3) is 10.9 Å². The molecule has 1 amide bonds. The molecule has 0 bridgehead atoms. The van der Waals surface area contributed by atoms with Crippen molar-refractivity contribution in [1.82, 2.24) is 9.99 Å². The highest BCUT2D eigenvalue weighted by atomic mass is 35.5. The molecule has 5 nitrogen and oxygen atoms in total. The van der Waals surface area contributed by atoms with E-state index in [-0.39, 0.29) is 5.91 Å². The smallest absolute Gasteiger partial charge is 0.273 e. The number of nitrogens with one attached hydrogen (secondary N) is 1. The zero-order chi connectivity index (χ0) is 20.2. The number of carbonyl (C=O) groups excluding carboxylic acids is 1. The van der Waals surface area contributed by atoms with Crippen LogP contribution in [0.5, 0.6) is 0 Å². The number of hydrogen-bond acceptors (Lipinski definition) is 3. The van der Waals surface area contributed by atoms with Gasteiger partial charge in [0, 0.05) is 39.9 Å². The molecule has 0 aliphatic rings. The van der Waals surface area contributed by atoms with E-state index in [1.54, 1.807) is 30.5 Å². The summed E-state index contributed by atoms with van der Waals surface area (Å²) in [5, 5.41) is 5.90. The quantitative estimate of drug-likeness (QED) is 0.289. The van der Waals surface area contributed by atoms with E-state index in [1.165, 1.54) is 0 Å². The second kappa shape index (κ2) is 8.20. The van der Waals surface area contributed by atoms with Crippen LogP contribution in [0.1, 0.15) is 21.5 Å². The maximum Gasteiger partial charge on any atom is 0.273 e. The molecule has 29 heavy (non-hydrogen) atoms. The zero-order valence-corrected chi connectivity index (χ0v) is 16.3. The van der Waals surface area contributed by atoms with Crippen molar-refractivity contribution in [2.75, 3.05) is 5.73 Å². The average Bonchev–Trinajstić information content (AvgIpc) is 3.08. The van der Waals surface area contributed by atoms with Crippen LogP contribution < -0.4 is 11.2 Å². The number of nitrogens with two attached hydrogens (primary N) is 1. The fraction of sp³-hybridized carbons (Fsp3) is 0.0435. The van der Waals surface area contributed by atoms with Crippen molar-refractivity contribution in [3.05, 3.63) is 101 Å². The first-order chi connectivity index (χ1) is 14.1. The molecular formula is C23H19ClN4O. The molecule has 3 N–H and O–H groups in total. The summed E-state index contributed by atoms with van der Waals surface area (Å²) >= 11 is 6.32. The third-order valence-electron chi connectivity index (χ3n) is 4.69. The summed E-state index contributed by atoms with van der Waals surface area (Å²) < 4.78 is 2.12. The monoisotopic (exact) mass is 402 g/mol. The number of amides is 1. The first-order valence-electron chi connectivity index (χ1n) is 9.12. The number of aromatic nitrogens is 1. The molecule has 144 valence electrons. The van der Waals surface area contributed by atoms with Gasteiger partial charge < -0.3 is 10.3 Å². The lowest BCUT2D eigenvalue weighted by atomic mass is 10.2. The highest BCUT2D eigenvalue weighted by Crippen LogP contribution is 2.23. The molecule has 0 spiro atoms. The summed E-state index contributed by atoms with van der Waals surface area (Å²) in [6.07, 6.45) is 3.64. The van der Waals surface area contributed by atoms with E-state index in [0.29, 0.717) is 17.8 Å². The Morgan fingerprint density at radius 2 is 1.76 bits per heavy atom. The van der Waals surface area contributed by atoms with Gasteiger partial charge >= 0.3 is 0 Å². The number of hydrogen-bond donors (Lipinski definition) is 2. The van der Waals surface area contributed by atoms with Gasteiger partial charge in [0.25, 0.3) is 5.91 Å². The maximum atomic E-state index is 12.3. The van der Waals surface area contributed by atoms with E-state index in [4.69, 9.17) is 17.3 Å². The molecule has 0 fully saturated rings. The number of carbonyl (C=O) groups is 1. The first-order valence-corrected chi connectivity index (χ1v) is 9.50. The molecule has 0 unspecified atom stereocenters. The fourth-order valence-corrected chi connectivity index (χ4v) is 3.44. The van der Waals surface area contributed by atoms with Crippen LogP contribution in [0.4, 0.5) is 5.69 Å². The molecule has 0 atom stereocenters. The number of nitrogens with zero attached hydrogens (tertiary/aromatic N) is 2. The molecule has 1 aromatic heterocycles. The summed E-state index contributed by atoms with van der Waals surface area (Å²) in [6, 6.07) is 22.7. The van der Waals surface area contributed by atoms with E-state index < -0.39 is 0 Å². The Kier molecular flexibility index (Phi) is 5.31. The van der Waals surface area contributed by atoms with Crippen LogP contribution in [-0.2, 0) is 6.54 Å². The van der Waals surface area contributed by atoms with Crippen molar-refractivity contribution in [3.63, 3.8) is 0 Å². The lowest BCUT2D eigenvalue weighted by molar-refractivity contribution is 0.0956.